The molecule has 0 amide bonds. The lowest BCUT2D eigenvalue weighted by atomic mass is 10.1. The Labute approximate surface area is 172 Å². The number of ether oxygens (including phenoxy) is 1. The molecule has 1 heteroatoms. The van der Waals surface area contributed by atoms with Gasteiger partial charge in [-0.15, -0.1) is 0 Å². The van der Waals surface area contributed by atoms with Crippen molar-refractivity contribution in [1.82, 2.24) is 0 Å². The molecule has 0 bridgehead atoms. The molecule has 0 unspecified atom stereocenters. The second-order valence-electron chi connectivity index (χ2n) is 7.39. The molecule has 0 aliphatic rings. The number of para-hydroxylation sites is 1. The van der Waals surface area contributed by atoms with E-state index in [0.717, 1.165) is 17.1 Å². The van der Waals surface area contributed by atoms with Crippen molar-refractivity contribution in [3.8, 4) is 11.5 Å². The second kappa shape index (κ2) is 14.7. The van der Waals surface area contributed by atoms with Gasteiger partial charge in [0.2, 0.25) is 0 Å². The van der Waals surface area contributed by atoms with Gasteiger partial charge in [-0.3, -0.25) is 0 Å². The SMILES string of the molecule is CCCCCCCCCCCC=CC=Cc1cccc(Oc2ccccc2)c1. The summed E-state index contributed by atoms with van der Waals surface area (Å²) < 4.78 is 5.89. The summed E-state index contributed by atoms with van der Waals surface area (Å²) >= 11 is 0. The van der Waals surface area contributed by atoms with E-state index in [0.29, 0.717) is 0 Å². The van der Waals surface area contributed by atoms with Gasteiger partial charge in [0, 0.05) is 0 Å². The maximum atomic E-state index is 5.89. The van der Waals surface area contributed by atoms with Gasteiger partial charge < -0.3 is 4.74 Å². The van der Waals surface area contributed by atoms with Crippen molar-refractivity contribution < 1.29 is 4.74 Å². The molecule has 0 heterocycles. The minimum absolute atomic E-state index is 0.865. The molecule has 0 radical (unpaired) electrons. The maximum absolute atomic E-state index is 5.89. The molecule has 150 valence electrons. The van der Waals surface area contributed by atoms with Crippen LogP contribution in [0.2, 0.25) is 0 Å². The highest BCUT2D eigenvalue weighted by atomic mass is 16.5. The van der Waals surface area contributed by atoms with Crippen LogP contribution in [0, 0.1) is 0 Å². The molecule has 1 nitrogen and oxygen atoms in total. The lowest BCUT2D eigenvalue weighted by molar-refractivity contribution is 0.482. The van der Waals surface area contributed by atoms with E-state index in [2.05, 4.69) is 43.4 Å². The Morgan fingerprint density at radius 2 is 1.36 bits per heavy atom. The molecule has 0 saturated heterocycles. The Balaban J connectivity index is 1.59. The molecule has 0 spiro atoms. The summed E-state index contributed by atoms with van der Waals surface area (Å²) in [7, 11) is 0. The smallest absolute Gasteiger partial charge is 0.128 e. The molecule has 0 atom stereocenters. The summed E-state index contributed by atoms with van der Waals surface area (Å²) in [5, 5.41) is 0. The van der Waals surface area contributed by atoms with Gasteiger partial charge >= 0.3 is 0 Å². The normalized spacial score (nSPS) is 11.5. The van der Waals surface area contributed by atoms with E-state index in [-0.39, 0.29) is 0 Å². The fourth-order valence-corrected chi connectivity index (χ4v) is 3.22. The molecule has 0 saturated carbocycles. The van der Waals surface area contributed by atoms with Gasteiger partial charge in [0.05, 0.1) is 0 Å². The van der Waals surface area contributed by atoms with Crippen LogP contribution in [-0.2, 0) is 0 Å². The third kappa shape index (κ3) is 10.2. The van der Waals surface area contributed by atoms with Crippen LogP contribution in [0.1, 0.15) is 76.7 Å². The summed E-state index contributed by atoms with van der Waals surface area (Å²) in [4.78, 5) is 0. The van der Waals surface area contributed by atoms with E-state index >= 15 is 0 Å². The first-order valence-corrected chi connectivity index (χ1v) is 11.0. The van der Waals surface area contributed by atoms with Gasteiger partial charge in [-0.25, -0.2) is 0 Å². The van der Waals surface area contributed by atoms with Gasteiger partial charge in [-0.05, 0) is 42.7 Å². The predicted octanol–water partition coefficient (Wildman–Crippen LogP) is 8.97. The highest BCUT2D eigenvalue weighted by Gasteiger charge is 1.96. The van der Waals surface area contributed by atoms with Crippen LogP contribution in [0.4, 0.5) is 0 Å². The third-order valence-corrected chi connectivity index (χ3v) is 4.85. The summed E-state index contributed by atoms with van der Waals surface area (Å²) in [5.74, 6) is 1.73. The summed E-state index contributed by atoms with van der Waals surface area (Å²) in [6.07, 6.45) is 22.4. The van der Waals surface area contributed by atoms with Crippen LogP contribution in [0.5, 0.6) is 11.5 Å². The lowest BCUT2D eigenvalue weighted by Crippen LogP contribution is -1.83. The molecule has 0 aliphatic carbocycles. The first kappa shape index (κ1) is 22.0. The summed E-state index contributed by atoms with van der Waals surface area (Å²) in [6, 6.07) is 18.1. The van der Waals surface area contributed by atoms with Crippen molar-refractivity contribution in [1.29, 1.82) is 0 Å². The molecule has 0 aliphatic heterocycles. The van der Waals surface area contributed by atoms with Crippen LogP contribution in [-0.4, -0.2) is 0 Å². The molecular weight excluding hydrogens is 340 g/mol. The maximum Gasteiger partial charge on any atom is 0.128 e. The van der Waals surface area contributed by atoms with E-state index in [9.17, 15) is 0 Å². The van der Waals surface area contributed by atoms with E-state index in [1.807, 2.05) is 42.5 Å². The zero-order valence-electron chi connectivity index (χ0n) is 17.5. The molecule has 0 fully saturated rings. The van der Waals surface area contributed by atoms with Gasteiger partial charge in [0.25, 0.3) is 0 Å². The van der Waals surface area contributed by atoms with Crippen molar-refractivity contribution >= 4 is 6.08 Å². The number of rotatable bonds is 14. The Morgan fingerprint density at radius 1 is 0.679 bits per heavy atom. The zero-order chi connectivity index (χ0) is 19.7. The fraction of sp³-hybridized carbons (Fsp3) is 0.407. The standard InChI is InChI=1S/C27H36O/c1-2-3-4-5-6-7-8-9-10-11-12-13-15-19-25-20-18-23-27(24-25)28-26-21-16-14-17-22-26/h12-24H,2-11H2,1H3. The number of benzene rings is 2. The fourth-order valence-electron chi connectivity index (χ4n) is 3.22. The van der Waals surface area contributed by atoms with Gasteiger partial charge in [-0.2, -0.15) is 0 Å². The van der Waals surface area contributed by atoms with Crippen molar-refractivity contribution in [2.75, 3.05) is 0 Å². The Kier molecular flexibility index (Phi) is 11.6. The first-order chi connectivity index (χ1) is 13.9. The van der Waals surface area contributed by atoms with E-state index in [1.54, 1.807) is 0 Å². The van der Waals surface area contributed by atoms with Gasteiger partial charge in [-0.1, -0.05) is 113 Å². The molecule has 2 aromatic rings. The first-order valence-electron chi connectivity index (χ1n) is 11.0. The highest BCUT2D eigenvalue weighted by Crippen LogP contribution is 2.22. The van der Waals surface area contributed by atoms with E-state index < -0.39 is 0 Å². The Morgan fingerprint density at radius 3 is 2.11 bits per heavy atom. The minimum atomic E-state index is 0.865. The topological polar surface area (TPSA) is 9.23 Å². The largest absolute Gasteiger partial charge is 0.457 e. The quantitative estimate of drug-likeness (QED) is 0.236. The lowest BCUT2D eigenvalue weighted by Gasteiger charge is -2.05. The monoisotopic (exact) mass is 376 g/mol. The van der Waals surface area contributed by atoms with E-state index in [4.69, 9.17) is 4.74 Å². The van der Waals surface area contributed by atoms with Crippen LogP contribution in [0.15, 0.2) is 72.8 Å². The van der Waals surface area contributed by atoms with Gasteiger partial charge in [0.15, 0.2) is 0 Å². The molecule has 2 aromatic carbocycles. The van der Waals surface area contributed by atoms with Crippen LogP contribution >= 0.6 is 0 Å². The number of hydrogen-bond acceptors (Lipinski definition) is 1. The van der Waals surface area contributed by atoms with Crippen molar-refractivity contribution in [3.63, 3.8) is 0 Å². The van der Waals surface area contributed by atoms with Crippen molar-refractivity contribution in [3.05, 3.63) is 78.4 Å². The van der Waals surface area contributed by atoms with Gasteiger partial charge in [0.1, 0.15) is 11.5 Å². The third-order valence-electron chi connectivity index (χ3n) is 4.85. The Bertz CT molecular complexity index is 684. The van der Waals surface area contributed by atoms with Crippen LogP contribution in [0.3, 0.4) is 0 Å². The highest BCUT2D eigenvalue weighted by molar-refractivity contribution is 5.53. The average molecular weight is 377 g/mol. The summed E-state index contributed by atoms with van der Waals surface area (Å²) in [6.45, 7) is 2.28. The predicted molar refractivity (Wildman–Crippen MR) is 123 cm³/mol. The number of allylic oxidation sites excluding steroid dienone is 3. The molecule has 0 N–H and O–H groups in total. The van der Waals surface area contributed by atoms with Crippen molar-refractivity contribution in [2.45, 2.75) is 71.1 Å². The molecule has 28 heavy (non-hydrogen) atoms. The molecule has 2 rings (SSSR count). The van der Waals surface area contributed by atoms with Crippen molar-refractivity contribution in [2.24, 2.45) is 0 Å². The number of unbranched alkanes of at least 4 members (excludes halogenated alkanes) is 9. The second-order valence-corrected chi connectivity index (χ2v) is 7.39. The van der Waals surface area contributed by atoms with Crippen LogP contribution in [0.25, 0.3) is 6.08 Å². The molecule has 0 aromatic heterocycles. The average Bonchev–Trinajstić information content (AvgIpc) is 2.72. The summed E-state index contributed by atoms with van der Waals surface area (Å²) in [5.41, 5.74) is 1.15. The number of hydrogen-bond donors (Lipinski definition) is 0. The minimum Gasteiger partial charge on any atom is -0.457 e. The molecular formula is C27H36O. The zero-order valence-corrected chi connectivity index (χ0v) is 17.5. The Hall–Kier alpha value is -2.28. The van der Waals surface area contributed by atoms with E-state index in [1.165, 1.54) is 64.2 Å². The van der Waals surface area contributed by atoms with Crippen LogP contribution < -0.4 is 4.74 Å².